The Morgan fingerprint density at radius 3 is 1.67 bits per heavy atom. The van der Waals surface area contributed by atoms with Crippen molar-refractivity contribution in [2.45, 2.75) is 60.0 Å². The van der Waals surface area contributed by atoms with Gasteiger partial charge in [-0.3, -0.25) is 4.90 Å². The summed E-state index contributed by atoms with van der Waals surface area (Å²) in [5, 5.41) is 0. The molecule has 0 spiro atoms. The molecule has 0 aromatic heterocycles. The zero-order valence-corrected chi connectivity index (χ0v) is 11.8. The topological polar surface area (TPSA) is 6.48 Å². The lowest BCUT2D eigenvalue weighted by atomic mass is 10.0. The van der Waals surface area contributed by atoms with E-state index in [2.05, 4.69) is 58.3 Å². The summed E-state index contributed by atoms with van der Waals surface area (Å²) in [6.07, 6.45) is 0. The third-order valence-corrected chi connectivity index (χ3v) is 3.04. The summed E-state index contributed by atoms with van der Waals surface area (Å²) in [4.78, 5) is 5.06. The number of likely N-dealkylation sites (N-methyl/N-ethyl adjacent to an activating group) is 1. The van der Waals surface area contributed by atoms with Gasteiger partial charge < -0.3 is 4.90 Å². The largest absolute Gasteiger partial charge is 0.303 e. The second-order valence-corrected chi connectivity index (χ2v) is 5.48. The number of hydrogen-bond acceptors (Lipinski definition) is 2. The van der Waals surface area contributed by atoms with Crippen molar-refractivity contribution in [3.8, 4) is 0 Å². The first kappa shape index (κ1) is 14.9. The Morgan fingerprint density at radius 1 is 0.933 bits per heavy atom. The molecule has 0 aliphatic carbocycles. The molecular weight excluding hydrogens is 184 g/mol. The lowest BCUT2D eigenvalue weighted by molar-refractivity contribution is 0.0844. The molecule has 92 valence electrons. The number of nitrogens with zero attached hydrogens (tertiary/aromatic N) is 2. The van der Waals surface area contributed by atoms with Gasteiger partial charge in [0.1, 0.15) is 0 Å². The molecule has 0 aromatic carbocycles. The first-order chi connectivity index (χ1) is 6.82. The molecule has 0 fully saturated rings. The molecule has 0 aliphatic heterocycles. The molecule has 0 aliphatic rings. The summed E-state index contributed by atoms with van der Waals surface area (Å²) >= 11 is 0. The molecule has 0 aromatic rings. The summed E-state index contributed by atoms with van der Waals surface area (Å²) < 4.78 is 0. The van der Waals surface area contributed by atoms with Crippen molar-refractivity contribution in [3.05, 3.63) is 0 Å². The zero-order chi connectivity index (χ0) is 12.1. The van der Waals surface area contributed by atoms with E-state index in [1.807, 2.05) is 0 Å². The van der Waals surface area contributed by atoms with Crippen LogP contribution in [0.5, 0.6) is 0 Å². The van der Waals surface area contributed by atoms with E-state index in [1.165, 1.54) is 13.1 Å². The van der Waals surface area contributed by atoms with Gasteiger partial charge in [0.15, 0.2) is 0 Å². The minimum absolute atomic E-state index is 0.279. The summed E-state index contributed by atoms with van der Waals surface area (Å²) in [6, 6.07) is 0.626. The highest BCUT2D eigenvalue weighted by molar-refractivity contribution is 4.79. The Morgan fingerprint density at radius 2 is 1.40 bits per heavy atom. The summed E-state index contributed by atoms with van der Waals surface area (Å²) in [6.45, 7) is 20.6. The Hall–Kier alpha value is -0.0800. The highest BCUT2D eigenvalue weighted by atomic mass is 15.2. The Bertz CT molecular complexity index is 154. The van der Waals surface area contributed by atoms with Gasteiger partial charge in [-0.1, -0.05) is 13.8 Å². The lowest BCUT2D eigenvalue weighted by Crippen LogP contribution is -2.49. The molecule has 0 bridgehead atoms. The highest BCUT2D eigenvalue weighted by Gasteiger charge is 2.23. The third-order valence-electron chi connectivity index (χ3n) is 3.04. The van der Waals surface area contributed by atoms with E-state index >= 15 is 0 Å². The predicted octanol–water partition coefficient (Wildman–Crippen LogP) is 2.84. The molecule has 0 radical (unpaired) electrons. The van der Waals surface area contributed by atoms with E-state index in [-0.39, 0.29) is 5.54 Å². The molecule has 0 unspecified atom stereocenters. The average molecular weight is 214 g/mol. The van der Waals surface area contributed by atoms with Crippen LogP contribution in [0.3, 0.4) is 0 Å². The fraction of sp³-hybridized carbons (Fsp3) is 1.00. The van der Waals surface area contributed by atoms with E-state index in [0.717, 1.165) is 13.1 Å². The molecule has 0 amide bonds. The van der Waals surface area contributed by atoms with Gasteiger partial charge >= 0.3 is 0 Å². The smallest absolute Gasteiger partial charge is 0.0128 e. The second kappa shape index (κ2) is 6.49. The molecule has 0 heterocycles. The number of rotatable bonds is 6. The summed E-state index contributed by atoms with van der Waals surface area (Å²) in [5.74, 6) is 0. The van der Waals surface area contributed by atoms with Crippen LogP contribution in [-0.4, -0.2) is 47.6 Å². The van der Waals surface area contributed by atoms with Gasteiger partial charge in [-0.2, -0.15) is 0 Å². The van der Waals surface area contributed by atoms with Crippen LogP contribution < -0.4 is 0 Å². The SMILES string of the molecule is CCN(CC)CCN(C(C)C)C(C)(C)C. The van der Waals surface area contributed by atoms with Crippen molar-refractivity contribution in [1.82, 2.24) is 9.80 Å². The predicted molar refractivity (Wildman–Crippen MR) is 69.4 cm³/mol. The van der Waals surface area contributed by atoms with E-state index in [4.69, 9.17) is 0 Å². The maximum Gasteiger partial charge on any atom is 0.0128 e. The van der Waals surface area contributed by atoms with Crippen LogP contribution in [0, 0.1) is 0 Å². The Labute approximate surface area is 96.6 Å². The first-order valence-electron chi connectivity index (χ1n) is 6.32. The standard InChI is InChI=1S/C13H30N2/c1-8-14(9-2)10-11-15(12(3)4)13(5,6)7/h12H,8-11H2,1-7H3. The van der Waals surface area contributed by atoms with Crippen LogP contribution in [0.2, 0.25) is 0 Å². The van der Waals surface area contributed by atoms with Crippen LogP contribution in [0.4, 0.5) is 0 Å². The van der Waals surface area contributed by atoms with Crippen molar-refractivity contribution in [2.24, 2.45) is 0 Å². The minimum Gasteiger partial charge on any atom is -0.303 e. The van der Waals surface area contributed by atoms with Crippen molar-refractivity contribution >= 4 is 0 Å². The van der Waals surface area contributed by atoms with Gasteiger partial charge in [0.05, 0.1) is 0 Å². The Kier molecular flexibility index (Phi) is 6.46. The Balaban J connectivity index is 4.19. The van der Waals surface area contributed by atoms with Crippen LogP contribution in [0.15, 0.2) is 0 Å². The third kappa shape index (κ3) is 5.53. The molecule has 0 rings (SSSR count). The van der Waals surface area contributed by atoms with Crippen LogP contribution in [0.1, 0.15) is 48.5 Å². The fourth-order valence-corrected chi connectivity index (χ4v) is 2.16. The maximum atomic E-state index is 2.57. The molecular formula is C13H30N2. The molecule has 2 heteroatoms. The normalized spacial score (nSPS) is 13.2. The van der Waals surface area contributed by atoms with Gasteiger partial charge in [0, 0.05) is 24.7 Å². The van der Waals surface area contributed by atoms with Crippen molar-refractivity contribution < 1.29 is 0 Å². The van der Waals surface area contributed by atoms with Gasteiger partial charge in [-0.25, -0.2) is 0 Å². The summed E-state index contributed by atoms with van der Waals surface area (Å²) in [5.41, 5.74) is 0.279. The summed E-state index contributed by atoms with van der Waals surface area (Å²) in [7, 11) is 0. The van der Waals surface area contributed by atoms with E-state index < -0.39 is 0 Å². The van der Waals surface area contributed by atoms with Crippen molar-refractivity contribution in [3.63, 3.8) is 0 Å². The maximum absolute atomic E-state index is 2.57. The van der Waals surface area contributed by atoms with E-state index in [1.54, 1.807) is 0 Å². The molecule has 0 atom stereocenters. The molecule has 2 nitrogen and oxygen atoms in total. The molecule has 0 saturated carbocycles. The van der Waals surface area contributed by atoms with Crippen LogP contribution >= 0.6 is 0 Å². The van der Waals surface area contributed by atoms with Gasteiger partial charge in [0.2, 0.25) is 0 Å². The fourth-order valence-electron chi connectivity index (χ4n) is 2.16. The van der Waals surface area contributed by atoms with Gasteiger partial charge in [-0.05, 0) is 47.7 Å². The monoisotopic (exact) mass is 214 g/mol. The average Bonchev–Trinajstić information content (AvgIpc) is 2.09. The molecule has 15 heavy (non-hydrogen) atoms. The molecule has 0 N–H and O–H groups in total. The number of hydrogen-bond donors (Lipinski definition) is 0. The zero-order valence-electron chi connectivity index (χ0n) is 11.8. The lowest BCUT2D eigenvalue weighted by Gasteiger charge is -2.40. The van der Waals surface area contributed by atoms with E-state index in [9.17, 15) is 0 Å². The second-order valence-electron chi connectivity index (χ2n) is 5.48. The minimum atomic E-state index is 0.279. The van der Waals surface area contributed by atoms with Crippen molar-refractivity contribution in [1.29, 1.82) is 0 Å². The van der Waals surface area contributed by atoms with Gasteiger partial charge in [-0.15, -0.1) is 0 Å². The van der Waals surface area contributed by atoms with Gasteiger partial charge in [0.25, 0.3) is 0 Å². The van der Waals surface area contributed by atoms with Crippen LogP contribution in [0.25, 0.3) is 0 Å². The highest BCUT2D eigenvalue weighted by Crippen LogP contribution is 2.16. The first-order valence-corrected chi connectivity index (χ1v) is 6.32. The van der Waals surface area contributed by atoms with Crippen molar-refractivity contribution in [2.75, 3.05) is 26.2 Å². The van der Waals surface area contributed by atoms with E-state index in [0.29, 0.717) is 6.04 Å². The molecule has 0 saturated heterocycles. The van der Waals surface area contributed by atoms with Crippen LogP contribution in [-0.2, 0) is 0 Å². The quantitative estimate of drug-likeness (QED) is 0.671.